The van der Waals surface area contributed by atoms with Gasteiger partial charge in [0.05, 0.1) is 10.7 Å². The number of thiophene rings is 1. The summed E-state index contributed by atoms with van der Waals surface area (Å²) >= 11 is 3.00. The molecule has 7 heteroatoms. The van der Waals surface area contributed by atoms with Crippen LogP contribution in [0.2, 0.25) is 0 Å². The van der Waals surface area contributed by atoms with Gasteiger partial charge < -0.3 is 22.5 Å². The number of nitrogens with two attached hydrogens (primary N) is 3. The summed E-state index contributed by atoms with van der Waals surface area (Å²) in [5.74, 6) is -0.230. The van der Waals surface area contributed by atoms with Gasteiger partial charge in [-0.2, -0.15) is 0 Å². The van der Waals surface area contributed by atoms with Gasteiger partial charge in [0.2, 0.25) is 0 Å². The molecule has 1 amide bonds. The van der Waals surface area contributed by atoms with E-state index in [1.165, 1.54) is 16.2 Å². The van der Waals surface area contributed by atoms with Crippen LogP contribution in [0.25, 0.3) is 5.57 Å². The van der Waals surface area contributed by atoms with Crippen molar-refractivity contribution in [1.29, 1.82) is 0 Å². The predicted octanol–water partition coefficient (Wildman–Crippen LogP) is 4.44. The van der Waals surface area contributed by atoms with Crippen molar-refractivity contribution >= 4 is 45.3 Å². The van der Waals surface area contributed by atoms with Crippen LogP contribution in [0.15, 0.2) is 34.9 Å². The van der Waals surface area contributed by atoms with Crippen molar-refractivity contribution in [3.05, 3.63) is 46.0 Å². The first-order chi connectivity index (χ1) is 12.5. The topological polar surface area (TPSA) is 107 Å². The molecule has 2 aromatic rings. The molecule has 7 N–H and O–H groups in total. The minimum Gasteiger partial charge on any atom is -0.402 e. The lowest BCUT2D eigenvalue weighted by atomic mass is 10.1. The normalized spacial score (nSPS) is 12.6. The minimum atomic E-state index is -0.230. The number of amides is 1. The minimum absolute atomic E-state index is 0.165. The van der Waals surface area contributed by atoms with E-state index >= 15 is 0 Å². The molecule has 146 valence electrons. The van der Waals surface area contributed by atoms with Crippen molar-refractivity contribution in [2.45, 2.75) is 50.8 Å². The maximum atomic E-state index is 12.6. The maximum Gasteiger partial charge on any atom is 0.263 e. The van der Waals surface area contributed by atoms with Gasteiger partial charge in [-0.1, -0.05) is 32.9 Å². The molecule has 0 saturated heterocycles. The third-order valence-electron chi connectivity index (χ3n) is 3.95. The van der Waals surface area contributed by atoms with E-state index in [9.17, 15) is 4.79 Å². The van der Waals surface area contributed by atoms with E-state index in [1.807, 2.05) is 30.8 Å². The van der Waals surface area contributed by atoms with E-state index in [0.717, 1.165) is 11.1 Å². The van der Waals surface area contributed by atoms with Gasteiger partial charge in [-0.15, -0.1) is 23.1 Å². The molecule has 5 nitrogen and oxygen atoms in total. The molecule has 0 atom stereocenters. The monoisotopic (exact) mass is 404 g/mol. The number of allylic oxidation sites excluding steroid dienone is 2. The quantitative estimate of drug-likeness (QED) is 0.551. The van der Waals surface area contributed by atoms with Crippen LogP contribution in [0.3, 0.4) is 0 Å². The van der Waals surface area contributed by atoms with E-state index in [1.54, 1.807) is 6.92 Å². The van der Waals surface area contributed by atoms with Crippen molar-refractivity contribution in [3.63, 3.8) is 0 Å². The molecular weight excluding hydrogens is 376 g/mol. The van der Waals surface area contributed by atoms with Gasteiger partial charge in [0, 0.05) is 27.4 Å². The third kappa shape index (κ3) is 5.43. The average molecular weight is 405 g/mol. The zero-order valence-corrected chi connectivity index (χ0v) is 18.1. The number of benzene rings is 1. The molecule has 27 heavy (non-hydrogen) atoms. The van der Waals surface area contributed by atoms with Gasteiger partial charge in [0.15, 0.2) is 0 Å². The van der Waals surface area contributed by atoms with Crippen molar-refractivity contribution in [1.82, 2.24) is 5.32 Å². The largest absolute Gasteiger partial charge is 0.402 e. The number of thioether (sulfide) groups is 1. The summed E-state index contributed by atoms with van der Waals surface area (Å²) < 4.78 is 0.165. The molecule has 0 unspecified atom stereocenters. The van der Waals surface area contributed by atoms with Crippen molar-refractivity contribution in [3.8, 4) is 0 Å². The van der Waals surface area contributed by atoms with Gasteiger partial charge in [-0.25, -0.2) is 0 Å². The zero-order valence-electron chi connectivity index (χ0n) is 16.5. The molecule has 0 radical (unpaired) electrons. The summed E-state index contributed by atoms with van der Waals surface area (Å²) in [5, 5.41) is 3.42. The molecule has 2 rings (SSSR count). The van der Waals surface area contributed by atoms with Crippen molar-refractivity contribution in [2.75, 3.05) is 11.5 Å². The first-order valence-electron chi connectivity index (χ1n) is 8.67. The standard InChI is InChI=1S/C20H28N4OS2/c1-11(12(2)21)15-16(22)17(26-18(15)23)19(25)24-10-13-6-8-14(9-7-13)27-20(3,4)5/h6-9H,10,21-23H2,1-5H3,(H,24,25)/b12-11-. The molecule has 0 aliphatic carbocycles. The number of anilines is 2. The lowest BCUT2D eigenvalue weighted by molar-refractivity contribution is 0.0955. The third-order valence-corrected chi connectivity index (χ3v) is 6.10. The Balaban J connectivity index is 2.09. The second-order valence-electron chi connectivity index (χ2n) is 7.43. The highest BCUT2D eigenvalue weighted by Gasteiger charge is 2.21. The fourth-order valence-electron chi connectivity index (χ4n) is 2.51. The Labute approximate surface area is 169 Å². The molecule has 0 aliphatic rings. The number of nitrogen functional groups attached to an aromatic ring is 2. The van der Waals surface area contributed by atoms with E-state index in [-0.39, 0.29) is 10.7 Å². The summed E-state index contributed by atoms with van der Waals surface area (Å²) in [6.45, 7) is 10.6. The van der Waals surface area contributed by atoms with E-state index < -0.39 is 0 Å². The number of carbonyl (C=O) groups excluding carboxylic acids is 1. The lowest BCUT2D eigenvalue weighted by Gasteiger charge is -2.17. The van der Waals surface area contributed by atoms with Gasteiger partial charge >= 0.3 is 0 Å². The maximum absolute atomic E-state index is 12.6. The van der Waals surface area contributed by atoms with Crippen LogP contribution >= 0.6 is 23.1 Å². The van der Waals surface area contributed by atoms with Gasteiger partial charge in [-0.3, -0.25) is 4.79 Å². The van der Waals surface area contributed by atoms with Crippen LogP contribution in [0.4, 0.5) is 10.7 Å². The zero-order chi connectivity index (χ0) is 20.4. The van der Waals surface area contributed by atoms with Crippen molar-refractivity contribution in [2.24, 2.45) is 5.73 Å². The molecule has 0 aliphatic heterocycles. The Kier molecular flexibility index (Phi) is 6.49. The molecule has 0 fully saturated rings. The number of nitrogens with one attached hydrogen (secondary N) is 1. The van der Waals surface area contributed by atoms with Crippen LogP contribution < -0.4 is 22.5 Å². The Bertz CT molecular complexity index is 857. The summed E-state index contributed by atoms with van der Waals surface area (Å²) in [6.07, 6.45) is 0. The summed E-state index contributed by atoms with van der Waals surface area (Å²) in [6, 6.07) is 8.20. The molecule has 1 aromatic heterocycles. The van der Waals surface area contributed by atoms with Crippen LogP contribution in [-0.2, 0) is 6.54 Å². The Morgan fingerprint density at radius 1 is 1.15 bits per heavy atom. The molecule has 0 bridgehead atoms. The first kappa shape index (κ1) is 21.2. The molecule has 0 saturated carbocycles. The molecule has 1 heterocycles. The molecular formula is C20H28N4OS2. The summed E-state index contributed by atoms with van der Waals surface area (Å²) in [4.78, 5) is 14.2. The number of carbonyl (C=O) groups is 1. The van der Waals surface area contributed by atoms with Crippen molar-refractivity contribution < 1.29 is 4.79 Å². The van der Waals surface area contributed by atoms with Crippen LogP contribution in [0.5, 0.6) is 0 Å². The highest BCUT2D eigenvalue weighted by molar-refractivity contribution is 8.00. The fourth-order valence-corrected chi connectivity index (χ4v) is 4.45. The van der Waals surface area contributed by atoms with E-state index in [2.05, 4.69) is 38.2 Å². The highest BCUT2D eigenvalue weighted by Crippen LogP contribution is 2.38. The Morgan fingerprint density at radius 2 is 1.74 bits per heavy atom. The molecule has 0 spiro atoms. The van der Waals surface area contributed by atoms with Gasteiger partial charge in [0.1, 0.15) is 4.88 Å². The fraction of sp³-hybridized carbons (Fsp3) is 0.350. The second kappa shape index (κ2) is 8.27. The summed E-state index contributed by atoms with van der Waals surface area (Å²) in [7, 11) is 0. The number of hydrogen-bond donors (Lipinski definition) is 4. The predicted molar refractivity (Wildman–Crippen MR) is 119 cm³/mol. The van der Waals surface area contributed by atoms with Crippen LogP contribution in [-0.4, -0.2) is 10.7 Å². The highest BCUT2D eigenvalue weighted by atomic mass is 32.2. The summed E-state index contributed by atoms with van der Waals surface area (Å²) in [5.41, 5.74) is 21.6. The Hall–Kier alpha value is -2.12. The molecule has 1 aromatic carbocycles. The van der Waals surface area contributed by atoms with Gasteiger partial charge in [-0.05, 0) is 37.1 Å². The van der Waals surface area contributed by atoms with Gasteiger partial charge in [0.25, 0.3) is 5.91 Å². The van der Waals surface area contributed by atoms with Crippen LogP contribution in [0, 0.1) is 0 Å². The average Bonchev–Trinajstić information content (AvgIpc) is 2.86. The second-order valence-corrected chi connectivity index (χ2v) is 10.4. The SMILES string of the molecule is C/C(N)=C(\C)c1c(N)sc(C(=O)NCc2ccc(SC(C)(C)C)cc2)c1N. The smallest absolute Gasteiger partial charge is 0.263 e. The number of rotatable bonds is 5. The first-order valence-corrected chi connectivity index (χ1v) is 10.3. The number of hydrogen-bond acceptors (Lipinski definition) is 6. The van der Waals surface area contributed by atoms with E-state index in [4.69, 9.17) is 17.2 Å². The Morgan fingerprint density at radius 3 is 2.26 bits per heavy atom. The van der Waals surface area contributed by atoms with Crippen LogP contribution in [0.1, 0.15) is 55.4 Å². The lowest BCUT2D eigenvalue weighted by Crippen LogP contribution is -2.22. The van der Waals surface area contributed by atoms with E-state index in [0.29, 0.717) is 33.4 Å².